The van der Waals surface area contributed by atoms with Crippen molar-refractivity contribution in [1.82, 2.24) is 15.0 Å². The largest absolute Gasteiger partial charge is 0.497 e. The fraction of sp³-hybridized carbons (Fsp3) is 0.250. The van der Waals surface area contributed by atoms with Crippen LogP contribution in [0.2, 0.25) is 10.0 Å². The number of carbonyl (C=O) groups is 1. The molecule has 0 fully saturated rings. The average Bonchev–Trinajstić information content (AvgIpc) is 3.26. The molecule has 0 aliphatic heterocycles. The second-order valence-electron chi connectivity index (χ2n) is 6.88. The van der Waals surface area contributed by atoms with E-state index in [0.29, 0.717) is 35.2 Å². The number of aromatic carboxylic acids is 1. The Morgan fingerprint density at radius 1 is 1.21 bits per heavy atom. The Labute approximate surface area is 177 Å². The molecule has 0 radical (unpaired) electrons. The lowest BCUT2D eigenvalue weighted by atomic mass is 10.1. The predicted octanol–water partition coefficient (Wildman–Crippen LogP) is 3.92. The van der Waals surface area contributed by atoms with Crippen molar-refractivity contribution in [2.75, 3.05) is 12.4 Å². The zero-order chi connectivity index (χ0) is 20.5. The summed E-state index contributed by atoms with van der Waals surface area (Å²) in [5, 5.41) is 21.8. The number of nitrogens with one attached hydrogen (secondary N) is 1. The van der Waals surface area contributed by atoms with E-state index >= 15 is 0 Å². The molecule has 4 rings (SSSR count). The van der Waals surface area contributed by atoms with E-state index in [-0.39, 0.29) is 11.7 Å². The van der Waals surface area contributed by atoms with E-state index in [4.69, 9.17) is 27.9 Å². The zero-order valence-corrected chi connectivity index (χ0v) is 17.0. The van der Waals surface area contributed by atoms with Gasteiger partial charge in [-0.05, 0) is 53.8 Å². The van der Waals surface area contributed by atoms with Crippen molar-refractivity contribution in [1.29, 1.82) is 0 Å². The van der Waals surface area contributed by atoms with E-state index in [1.165, 1.54) is 0 Å². The van der Waals surface area contributed by atoms with Crippen LogP contribution in [0.3, 0.4) is 0 Å². The minimum Gasteiger partial charge on any atom is -0.497 e. The van der Waals surface area contributed by atoms with Crippen LogP contribution in [-0.4, -0.2) is 39.2 Å². The number of carboxylic acids is 1. The van der Waals surface area contributed by atoms with Crippen LogP contribution in [0.1, 0.15) is 27.2 Å². The van der Waals surface area contributed by atoms with E-state index in [0.717, 1.165) is 22.4 Å². The Kier molecular flexibility index (Phi) is 5.34. The van der Waals surface area contributed by atoms with Gasteiger partial charge in [-0.3, -0.25) is 0 Å². The fourth-order valence-corrected chi connectivity index (χ4v) is 3.89. The molecule has 7 nitrogen and oxygen atoms in total. The molecule has 0 saturated heterocycles. The molecule has 150 valence electrons. The molecule has 0 saturated carbocycles. The van der Waals surface area contributed by atoms with Gasteiger partial charge >= 0.3 is 5.97 Å². The lowest BCUT2D eigenvalue weighted by molar-refractivity contribution is 0.0691. The van der Waals surface area contributed by atoms with Gasteiger partial charge < -0.3 is 15.2 Å². The van der Waals surface area contributed by atoms with E-state index in [1.807, 2.05) is 36.4 Å². The number of hydrogen-bond acceptors (Lipinski definition) is 5. The van der Waals surface area contributed by atoms with Crippen LogP contribution in [-0.2, 0) is 19.4 Å². The molecule has 1 heterocycles. The number of ether oxygens (including phenoxy) is 1. The molecule has 2 aromatic carbocycles. The van der Waals surface area contributed by atoms with Crippen LogP contribution < -0.4 is 10.1 Å². The SMILES string of the molecule is COc1ccc(Cn2nnc(C(=O)O)c2NC2Cc3cc(Cl)c(Cl)cc3C2)cc1. The molecule has 0 atom stereocenters. The molecule has 0 bridgehead atoms. The van der Waals surface area contributed by atoms with Crippen LogP contribution in [0.25, 0.3) is 0 Å². The third-order valence-corrected chi connectivity index (χ3v) is 5.67. The number of hydrogen-bond donors (Lipinski definition) is 2. The number of methoxy groups -OCH3 is 1. The van der Waals surface area contributed by atoms with Gasteiger partial charge in [0.25, 0.3) is 0 Å². The van der Waals surface area contributed by atoms with Crippen molar-refractivity contribution >= 4 is 35.0 Å². The van der Waals surface area contributed by atoms with Gasteiger partial charge in [0.15, 0.2) is 5.82 Å². The number of halogens is 2. The highest BCUT2D eigenvalue weighted by Gasteiger charge is 2.27. The van der Waals surface area contributed by atoms with Gasteiger partial charge in [-0.2, -0.15) is 0 Å². The summed E-state index contributed by atoms with van der Waals surface area (Å²) in [7, 11) is 1.60. The Morgan fingerprint density at radius 2 is 1.83 bits per heavy atom. The first kappa shape index (κ1) is 19.5. The maximum Gasteiger partial charge on any atom is 0.360 e. The monoisotopic (exact) mass is 432 g/mol. The molecule has 1 aliphatic rings. The van der Waals surface area contributed by atoms with Gasteiger partial charge in [-0.1, -0.05) is 40.5 Å². The third kappa shape index (κ3) is 4.02. The molecule has 3 aromatic rings. The summed E-state index contributed by atoms with van der Waals surface area (Å²) < 4.78 is 6.73. The number of rotatable bonds is 6. The summed E-state index contributed by atoms with van der Waals surface area (Å²) in [6, 6.07) is 11.2. The quantitative estimate of drug-likeness (QED) is 0.613. The third-order valence-electron chi connectivity index (χ3n) is 4.95. The van der Waals surface area contributed by atoms with Crippen LogP contribution in [0.15, 0.2) is 36.4 Å². The summed E-state index contributed by atoms with van der Waals surface area (Å²) in [6.07, 6.45) is 1.41. The molecular weight excluding hydrogens is 415 g/mol. The fourth-order valence-electron chi connectivity index (χ4n) is 3.52. The molecule has 0 amide bonds. The van der Waals surface area contributed by atoms with Gasteiger partial charge in [0.05, 0.1) is 23.7 Å². The molecule has 0 spiro atoms. The predicted molar refractivity (Wildman–Crippen MR) is 110 cm³/mol. The molecule has 9 heteroatoms. The number of benzene rings is 2. The van der Waals surface area contributed by atoms with Gasteiger partial charge in [0, 0.05) is 6.04 Å². The Hall–Kier alpha value is -2.77. The topological polar surface area (TPSA) is 89.3 Å². The van der Waals surface area contributed by atoms with Crippen LogP contribution in [0.5, 0.6) is 5.75 Å². The lowest BCUT2D eigenvalue weighted by Gasteiger charge is -2.15. The first-order valence-electron chi connectivity index (χ1n) is 8.97. The first-order valence-corrected chi connectivity index (χ1v) is 9.73. The molecule has 1 aliphatic carbocycles. The van der Waals surface area contributed by atoms with Crippen LogP contribution >= 0.6 is 23.2 Å². The summed E-state index contributed by atoms with van der Waals surface area (Å²) >= 11 is 12.2. The molecule has 0 unspecified atom stereocenters. The summed E-state index contributed by atoms with van der Waals surface area (Å²) in [5.74, 6) is -0.00338. The first-order chi connectivity index (χ1) is 13.9. The molecule has 29 heavy (non-hydrogen) atoms. The van der Waals surface area contributed by atoms with Crippen molar-refractivity contribution in [2.24, 2.45) is 0 Å². The maximum atomic E-state index is 11.6. The zero-order valence-electron chi connectivity index (χ0n) is 15.5. The van der Waals surface area contributed by atoms with Crippen molar-refractivity contribution in [3.8, 4) is 5.75 Å². The van der Waals surface area contributed by atoms with Crippen molar-refractivity contribution in [3.63, 3.8) is 0 Å². The van der Waals surface area contributed by atoms with Gasteiger partial charge in [0.1, 0.15) is 5.75 Å². The smallest absolute Gasteiger partial charge is 0.360 e. The lowest BCUT2D eigenvalue weighted by Crippen LogP contribution is -2.23. The minimum atomic E-state index is -1.13. The summed E-state index contributed by atoms with van der Waals surface area (Å²) in [5.41, 5.74) is 3.04. The minimum absolute atomic E-state index is 0.00856. The highest BCUT2D eigenvalue weighted by molar-refractivity contribution is 6.42. The molecular formula is C20H18Cl2N4O3. The second-order valence-corrected chi connectivity index (χ2v) is 7.70. The highest BCUT2D eigenvalue weighted by atomic mass is 35.5. The Balaban J connectivity index is 1.57. The number of fused-ring (bicyclic) bond motifs is 1. The Morgan fingerprint density at radius 3 is 2.38 bits per heavy atom. The van der Waals surface area contributed by atoms with Gasteiger partial charge in [0.2, 0.25) is 5.69 Å². The standard InChI is InChI=1S/C20H18Cl2N4O3/c1-29-15-4-2-11(3-5-15)10-26-19(18(20(27)28)24-25-26)23-14-6-12-8-16(21)17(22)9-13(12)7-14/h2-5,8-9,14,23H,6-7,10H2,1H3,(H,27,28). The number of anilines is 1. The van der Waals surface area contributed by atoms with Crippen molar-refractivity contribution in [3.05, 3.63) is 68.8 Å². The second kappa shape index (κ2) is 7.93. The van der Waals surface area contributed by atoms with Crippen LogP contribution in [0, 0.1) is 0 Å². The number of carboxylic acid groups (broad SMARTS) is 1. The van der Waals surface area contributed by atoms with E-state index in [2.05, 4.69) is 15.6 Å². The van der Waals surface area contributed by atoms with Gasteiger partial charge in [-0.25, -0.2) is 9.48 Å². The number of nitrogens with zero attached hydrogens (tertiary/aromatic N) is 3. The maximum absolute atomic E-state index is 11.6. The van der Waals surface area contributed by atoms with E-state index in [9.17, 15) is 9.90 Å². The highest BCUT2D eigenvalue weighted by Crippen LogP contribution is 2.32. The van der Waals surface area contributed by atoms with E-state index < -0.39 is 5.97 Å². The van der Waals surface area contributed by atoms with Crippen LogP contribution in [0.4, 0.5) is 5.82 Å². The Bertz CT molecular complexity index is 1040. The van der Waals surface area contributed by atoms with Crippen molar-refractivity contribution in [2.45, 2.75) is 25.4 Å². The summed E-state index contributed by atoms with van der Waals surface area (Å²) in [6.45, 7) is 0.379. The number of aromatic nitrogens is 3. The summed E-state index contributed by atoms with van der Waals surface area (Å²) in [4.78, 5) is 11.6. The van der Waals surface area contributed by atoms with E-state index in [1.54, 1.807) is 11.8 Å². The molecule has 1 aromatic heterocycles. The van der Waals surface area contributed by atoms with Gasteiger partial charge in [-0.15, -0.1) is 5.10 Å². The average molecular weight is 433 g/mol. The molecule has 2 N–H and O–H groups in total. The normalized spacial score (nSPS) is 13.3. The van der Waals surface area contributed by atoms with Crippen molar-refractivity contribution < 1.29 is 14.6 Å².